The van der Waals surface area contributed by atoms with Crippen molar-refractivity contribution in [2.24, 2.45) is 0 Å². The minimum atomic E-state index is -0.964. The van der Waals surface area contributed by atoms with Crippen LogP contribution in [-0.2, 0) is 19.1 Å². The van der Waals surface area contributed by atoms with Gasteiger partial charge in [-0.2, -0.15) is 0 Å². The maximum atomic E-state index is 11.9. The highest BCUT2D eigenvalue weighted by atomic mass is 16.6. The Labute approximate surface area is 260 Å². The molecule has 0 aromatic carbocycles. The van der Waals surface area contributed by atoms with Crippen LogP contribution in [0.15, 0.2) is 24.3 Å². The first-order valence-electron chi connectivity index (χ1n) is 17.9. The molecule has 1 atom stereocenters. The van der Waals surface area contributed by atoms with Crippen LogP contribution in [0.5, 0.6) is 0 Å². The van der Waals surface area contributed by atoms with Crippen molar-refractivity contribution in [2.75, 3.05) is 13.2 Å². The number of aliphatic hydroxyl groups is 1. The quantitative estimate of drug-likeness (QED) is 0.0478. The van der Waals surface area contributed by atoms with Gasteiger partial charge in [-0.25, -0.2) is 0 Å². The molecule has 0 amide bonds. The molecular formula is C37H68O5. The fourth-order valence-electron chi connectivity index (χ4n) is 4.94. The van der Waals surface area contributed by atoms with E-state index in [9.17, 15) is 14.7 Å². The highest BCUT2D eigenvalue weighted by Crippen LogP contribution is 2.13. The molecule has 0 bridgehead atoms. The largest absolute Gasteiger partial charge is 0.463 e. The molecule has 0 radical (unpaired) electrons. The summed E-state index contributed by atoms with van der Waals surface area (Å²) in [5.41, 5.74) is 0. The van der Waals surface area contributed by atoms with Gasteiger partial charge in [-0.05, 0) is 44.9 Å². The predicted octanol–water partition coefficient (Wildman–Crippen LogP) is 10.7. The Hall–Kier alpha value is -1.62. The molecule has 0 aliphatic carbocycles. The van der Waals surface area contributed by atoms with Crippen molar-refractivity contribution in [2.45, 2.75) is 187 Å². The molecule has 1 N–H and O–H groups in total. The number of hydrogen-bond acceptors (Lipinski definition) is 5. The lowest BCUT2D eigenvalue weighted by molar-refractivity contribution is -0.152. The standard InChI is InChI=1S/C37H68O5/c1-3-5-7-9-11-13-15-17-18-20-22-24-26-28-30-32-37(40)42-34-35(38)33-41-36(39)31-29-27-25-23-21-19-16-14-12-10-8-6-4-2/h11,13,17-18,35,38H,3-10,12,14-16,19-34H2,1-2H3/b13-11+,18-17+. The van der Waals surface area contributed by atoms with Gasteiger partial charge in [0, 0.05) is 12.8 Å². The van der Waals surface area contributed by atoms with Crippen LogP contribution in [0.2, 0.25) is 0 Å². The molecule has 0 aromatic rings. The maximum absolute atomic E-state index is 11.9. The number of allylic oxidation sites excluding steroid dienone is 4. The molecule has 5 heteroatoms. The van der Waals surface area contributed by atoms with E-state index >= 15 is 0 Å². The molecule has 0 aromatic heterocycles. The molecule has 0 fully saturated rings. The molecule has 5 nitrogen and oxygen atoms in total. The first-order chi connectivity index (χ1) is 20.6. The van der Waals surface area contributed by atoms with Crippen molar-refractivity contribution in [3.63, 3.8) is 0 Å². The Balaban J connectivity index is 3.45. The summed E-state index contributed by atoms with van der Waals surface area (Å²) in [4.78, 5) is 23.8. The van der Waals surface area contributed by atoms with Gasteiger partial charge < -0.3 is 14.6 Å². The van der Waals surface area contributed by atoms with Crippen LogP contribution in [0.1, 0.15) is 181 Å². The van der Waals surface area contributed by atoms with E-state index in [0.717, 1.165) is 51.4 Å². The van der Waals surface area contributed by atoms with E-state index in [1.165, 1.54) is 103 Å². The van der Waals surface area contributed by atoms with Crippen LogP contribution in [0, 0.1) is 0 Å². The molecule has 0 aliphatic rings. The summed E-state index contributed by atoms with van der Waals surface area (Å²) < 4.78 is 10.3. The van der Waals surface area contributed by atoms with Gasteiger partial charge in [-0.1, -0.05) is 147 Å². The third-order valence-electron chi connectivity index (χ3n) is 7.69. The second-order valence-electron chi connectivity index (χ2n) is 12.0. The smallest absolute Gasteiger partial charge is 0.305 e. The summed E-state index contributed by atoms with van der Waals surface area (Å²) in [7, 11) is 0. The summed E-state index contributed by atoms with van der Waals surface area (Å²) in [6.07, 6.45) is 37.9. The Bertz CT molecular complexity index is 642. The number of carbonyl (C=O) groups is 2. The lowest BCUT2D eigenvalue weighted by Crippen LogP contribution is -2.25. The number of carbonyl (C=O) groups excluding carboxylic acids is 2. The highest BCUT2D eigenvalue weighted by molar-refractivity contribution is 5.69. The minimum Gasteiger partial charge on any atom is -0.463 e. The summed E-state index contributed by atoms with van der Waals surface area (Å²) >= 11 is 0. The zero-order valence-electron chi connectivity index (χ0n) is 27.8. The monoisotopic (exact) mass is 593 g/mol. The number of hydrogen-bond donors (Lipinski definition) is 1. The van der Waals surface area contributed by atoms with Crippen LogP contribution in [0.4, 0.5) is 0 Å². The van der Waals surface area contributed by atoms with Gasteiger partial charge in [0.1, 0.15) is 19.3 Å². The second-order valence-corrected chi connectivity index (χ2v) is 12.0. The molecule has 0 saturated heterocycles. The van der Waals surface area contributed by atoms with Gasteiger partial charge in [0.15, 0.2) is 0 Å². The van der Waals surface area contributed by atoms with Crippen LogP contribution >= 0.6 is 0 Å². The molecule has 42 heavy (non-hydrogen) atoms. The van der Waals surface area contributed by atoms with Crippen molar-refractivity contribution in [1.29, 1.82) is 0 Å². The molecular weight excluding hydrogens is 524 g/mol. The van der Waals surface area contributed by atoms with Gasteiger partial charge >= 0.3 is 11.9 Å². The Morgan fingerprint density at radius 2 is 0.833 bits per heavy atom. The van der Waals surface area contributed by atoms with E-state index in [2.05, 4.69) is 38.2 Å². The average Bonchev–Trinajstić information content (AvgIpc) is 2.99. The number of ether oxygens (including phenoxy) is 2. The zero-order valence-corrected chi connectivity index (χ0v) is 27.8. The SMILES string of the molecule is CCCCC/C=C/C/C=C/CCCCCCCC(=O)OCC(O)COC(=O)CCCCCCCCCCCCCCC. The van der Waals surface area contributed by atoms with E-state index in [0.29, 0.717) is 12.8 Å². The second kappa shape index (κ2) is 33.9. The van der Waals surface area contributed by atoms with Gasteiger partial charge in [0.2, 0.25) is 0 Å². The summed E-state index contributed by atoms with van der Waals surface area (Å²) in [5, 5.41) is 9.97. The number of rotatable bonds is 32. The third kappa shape index (κ3) is 32.9. The van der Waals surface area contributed by atoms with Crippen molar-refractivity contribution in [3.05, 3.63) is 24.3 Å². The van der Waals surface area contributed by atoms with Crippen LogP contribution < -0.4 is 0 Å². The Morgan fingerprint density at radius 1 is 0.500 bits per heavy atom. The Kier molecular flexibility index (Phi) is 32.6. The normalized spacial score (nSPS) is 12.4. The van der Waals surface area contributed by atoms with Crippen molar-refractivity contribution in [3.8, 4) is 0 Å². The van der Waals surface area contributed by atoms with Crippen molar-refractivity contribution < 1.29 is 24.2 Å². The number of unbranched alkanes of at least 4 members (excludes halogenated alkanes) is 20. The first kappa shape index (κ1) is 40.4. The number of esters is 2. The van der Waals surface area contributed by atoms with Crippen LogP contribution in [-0.4, -0.2) is 36.4 Å². The fourth-order valence-corrected chi connectivity index (χ4v) is 4.94. The predicted molar refractivity (Wildman–Crippen MR) is 178 cm³/mol. The molecule has 0 spiro atoms. The summed E-state index contributed by atoms with van der Waals surface area (Å²) in [5.74, 6) is -0.577. The maximum Gasteiger partial charge on any atom is 0.305 e. The van der Waals surface area contributed by atoms with Crippen molar-refractivity contribution >= 4 is 11.9 Å². The molecule has 0 rings (SSSR count). The van der Waals surface area contributed by atoms with E-state index in [4.69, 9.17) is 9.47 Å². The van der Waals surface area contributed by atoms with E-state index in [-0.39, 0.29) is 25.2 Å². The molecule has 0 saturated carbocycles. The van der Waals surface area contributed by atoms with Gasteiger partial charge in [0.25, 0.3) is 0 Å². The molecule has 0 aliphatic heterocycles. The van der Waals surface area contributed by atoms with Crippen molar-refractivity contribution in [1.82, 2.24) is 0 Å². The Morgan fingerprint density at radius 3 is 1.26 bits per heavy atom. The van der Waals surface area contributed by atoms with E-state index in [1.807, 2.05) is 0 Å². The van der Waals surface area contributed by atoms with E-state index in [1.54, 1.807) is 0 Å². The molecule has 0 heterocycles. The summed E-state index contributed by atoms with van der Waals surface area (Å²) in [6.45, 7) is 4.26. The van der Waals surface area contributed by atoms with Gasteiger partial charge in [-0.3, -0.25) is 9.59 Å². The minimum absolute atomic E-state index is 0.117. The topological polar surface area (TPSA) is 72.8 Å². The van der Waals surface area contributed by atoms with Crippen LogP contribution in [0.25, 0.3) is 0 Å². The lowest BCUT2D eigenvalue weighted by Gasteiger charge is -2.12. The highest BCUT2D eigenvalue weighted by Gasteiger charge is 2.12. The van der Waals surface area contributed by atoms with E-state index < -0.39 is 6.10 Å². The molecule has 246 valence electrons. The number of aliphatic hydroxyl groups excluding tert-OH is 1. The van der Waals surface area contributed by atoms with Gasteiger partial charge in [-0.15, -0.1) is 0 Å². The third-order valence-corrected chi connectivity index (χ3v) is 7.69. The fraction of sp³-hybridized carbons (Fsp3) is 0.838. The lowest BCUT2D eigenvalue weighted by atomic mass is 10.0. The van der Waals surface area contributed by atoms with Crippen LogP contribution in [0.3, 0.4) is 0 Å². The summed E-state index contributed by atoms with van der Waals surface area (Å²) in [6, 6.07) is 0. The zero-order chi connectivity index (χ0) is 30.8. The molecule has 1 unspecified atom stereocenters. The average molecular weight is 593 g/mol. The van der Waals surface area contributed by atoms with Gasteiger partial charge in [0.05, 0.1) is 0 Å². The first-order valence-corrected chi connectivity index (χ1v) is 17.9.